The van der Waals surface area contributed by atoms with Crippen LogP contribution in [0.15, 0.2) is 30.7 Å². The highest BCUT2D eigenvalue weighted by atomic mass is 16.5. The van der Waals surface area contributed by atoms with Crippen LogP contribution in [0.25, 0.3) is 11.0 Å². The molecule has 3 aromatic rings. The van der Waals surface area contributed by atoms with Crippen molar-refractivity contribution in [2.24, 2.45) is 0 Å². The van der Waals surface area contributed by atoms with Gasteiger partial charge in [-0.2, -0.15) is 0 Å². The molecule has 0 saturated carbocycles. The average molecular weight is 380 g/mol. The van der Waals surface area contributed by atoms with E-state index in [4.69, 9.17) is 4.74 Å². The fraction of sp³-hybridized carbons (Fsp3) is 0.476. The Balaban J connectivity index is 1.50. The highest BCUT2D eigenvalue weighted by Crippen LogP contribution is 2.29. The van der Waals surface area contributed by atoms with Crippen molar-refractivity contribution in [2.45, 2.75) is 33.4 Å². The summed E-state index contributed by atoms with van der Waals surface area (Å²) in [6, 6.07) is 5.94. The van der Waals surface area contributed by atoms with E-state index in [1.165, 1.54) is 11.3 Å². The maximum atomic E-state index is 5.44. The van der Waals surface area contributed by atoms with Gasteiger partial charge in [0.25, 0.3) is 0 Å². The van der Waals surface area contributed by atoms with E-state index in [1.807, 2.05) is 24.4 Å². The third-order valence-corrected chi connectivity index (χ3v) is 5.53. The predicted octanol–water partition coefficient (Wildman–Crippen LogP) is 2.78. The molecule has 0 unspecified atom stereocenters. The van der Waals surface area contributed by atoms with Crippen LogP contribution >= 0.6 is 0 Å². The van der Waals surface area contributed by atoms with E-state index in [0.29, 0.717) is 6.54 Å². The molecule has 1 N–H and O–H groups in total. The normalized spacial score (nSPS) is 15.2. The van der Waals surface area contributed by atoms with Crippen LogP contribution in [-0.4, -0.2) is 57.3 Å². The predicted molar refractivity (Wildman–Crippen MR) is 110 cm³/mol. The Morgan fingerprint density at radius 3 is 2.71 bits per heavy atom. The van der Waals surface area contributed by atoms with Gasteiger partial charge in [-0.25, -0.2) is 9.97 Å². The van der Waals surface area contributed by atoms with Crippen LogP contribution in [0.2, 0.25) is 0 Å². The monoisotopic (exact) mass is 380 g/mol. The summed E-state index contributed by atoms with van der Waals surface area (Å²) < 4.78 is 7.77. The lowest BCUT2D eigenvalue weighted by Crippen LogP contribution is -2.37. The molecular weight excluding hydrogens is 352 g/mol. The molecule has 28 heavy (non-hydrogen) atoms. The zero-order valence-corrected chi connectivity index (χ0v) is 16.7. The fourth-order valence-electron chi connectivity index (χ4n) is 3.83. The van der Waals surface area contributed by atoms with E-state index in [9.17, 15) is 0 Å². The Morgan fingerprint density at radius 1 is 1.07 bits per heavy atom. The van der Waals surface area contributed by atoms with Gasteiger partial charge in [0.2, 0.25) is 0 Å². The van der Waals surface area contributed by atoms with Crippen LogP contribution in [-0.2, 0) is 17.8 Å². The number of rotatable bonds is 7. The summed E-state index contributed by atoms with van der Waals surface area (Å²) in [6.45, 7) is 10.8. The van der Waals surface area contributed by atoms with Gasteiger partial charge in [0.05, 0.1) is 30.8 Å². The molecule has 0 aliphatic carbocycles. The van der Waals surface area contributed by atoms with Crippen molar-refractivity contribution in [2.75, 3.05) is 38.2 Å². The van der Waals surface area contributed by atoms with Crippen LogP contribution in [0.5, 0.6) is 0 Å². The third kappa shape index (κ3) is 4.00. The molecule has 4 rings (SSSR count). The Labute approximate surface area is 165 Å². The van der Waals surface area contributed by atoms with Crippen LogP contribution in [0.4, 0.5) is 5.82 Å². The Kier molecular flexibility index (Phi) is 5.83. The number of nitrogens with zero attached hydrogens (tertiary/aromatic N) is 5. The maximum Gasteiger partial charge on any atom is 0.145 e. The van der Waals surface area contributed by atoms with E-state index in [-0.39, 0.29) is 0 Å². The van der Waals surface area contributed by atoms with Gasteiger partial charge in [-0.15, -0.1) is 0 Å². The number of morpholine rings is 1. The van der Waals surface area contributed by atoms with Gasteiger partial charge in [-0.3, -0.25) is 9.88 Å². The lowest BCUT2D eigenvalue weighted by Gasteiger charge is -2.26. The number of pyridine rings is 1. The van der Waals surface area contributed by atoms with Crippen LogP contribution < -0.4 is 5.32 Å². The Bertz CT molecular complexity index is 918. The van der Waals surface area contributed by atoms with Crippen LogP contribution in [0, 0.1) is 13.8 Å². The summed E-state index contributed by atoms with van der Waals surface area (Å²) >= 11 is 0. The Morgan fingerprint density at radius 2 is 1.93 bits per heavy atom. The van der Waals surface area contributed by atoms with Gasteiger partial charge in [0.15, 0.2) is 0 Å². The molecule has 4 heterocycles. The van der Waals surface area contributed by atoms with E-state index in [2.05, 4.69) is 43.6 Å². The lowest BCUT2D eigenvalue weighted by atomic mass is 10.2. The Hall–Kier alpha value is -2.51. The first-order chi connectivity index (χ1) is 13.7. The van der Waals surface area contributed by atoms with Gasteiger partial charge in [-0.05, 0) is 38.0 Å². The standard InChI is InChI=1S/C21H28N6O/c1-16-17(2)27(9-5-8-26-10-12-28-13-11-26)21-19(16)20(24-15-25-21)23-14-18-6-3-4-7-22-18/h3-4,6-7,15H,5,8-14H2,1-2H3,(H,23,24,25). The second-order valence-corrected chi connectivity index (χ2v) is 7.27. The summed E-state index contributed by atoms with van der Waals surface area (Å²) in [5.74, 6) is 0.878. The van der Waals surface area contributed by atoms with Crippen molar-refractivity contribution >= 4 is 16.9 Å². The van der Waals surface area contributed by atoms with E-state index in [1.54, 1.807) is 6.33 Å². The first kappa shape index (κ1) is 18.8. The van der Waals surface area contributed by atoms with Gasteiger partial charge >= 0.3 is 0 Å². The number of aryl methyl sites for hydroxylation is 2. The molecule has 1 saturated heterocycles. The summed E-state index contributed by atoms with van der Waals surface area (Å²) in [6.07, 6.45) is 4.57. The minimum atomic E-state index is 0.646. The second-order valence-electron chi connectivity index (χ2n) is 7.27. The SMILES string of the molecule is Cc1c(C)n(CCCN2CCOCC2)c2ncnc(NCc3ccccn3)c12. The van der Waals surface area contributed by atoms with Gasteiger partial charge in [0.1, 0.15) is 17.8 Å². The lowest BCUT2D eigenvalue weighted by molar-refractivity contribution is 0.0369. The minimum Gasteiger partial charge on any atom is -0.379 e. The van der Waals surface area contributed by atoms with E-state index >= 15 is 0 Å². The number of ether oxygens (including phenoxy) is 1. The molecule has 0 aromatic carbocycles. The number of hydrogen-bond acceptors (Lipinski definition) is 6. The van der Waals surface area contributed by atoms with Gasteiger partial charge in [0, 0.05) is 38.1 Å². The number of aromatic nitrogens is 4. The zero-order valence-electron chi connectivity index (χ0n) is 16.7. The molecular formula is C21H28N6O. The van der Waals surface area contributed by atoms with Gasteiger partial charge < -0.3 is 14.6 Å². The first-order valence-electron chi connectivity index (χ1n) is 9.98. The molecule has 7 nitrogen and oxygen atoms in total. The molecule has 7 heteroatoms. The fourth-order valence-corrected chi connectivity index (χ4v) is 3.83. The quantitative estimate of drug-likeness (QED) is 0.680. The summed E-state index contributed by atoms with van der Waals surface area (Å²) in [5, 5.41) is 4.56. The largest absolute Gasteiger partial charge is 0.379 e. The summed E-state index contributed by atoms with van der Waals surface area (Å²) in [7, 11) is 0. The van der Waals surface area contributed by atoms with Crippen molar-refractivity contribution in [3.63, 3.8) is 0 Å². The maximum absolute atomic E-state index is 5.44. The van der Waals surface area contributed by atoms with E-state index < -0.39 is 0 Å². The molecule has 148 valence electrons. The average Bonchev–Trinajstić information content (AvgIpc) is 2.99. The number of nitrogens with one attached hydrogen (secondary N) is 1. The zero-order chi connectivity index (χ0) is 19.3. The van der Waals surface area contributed by atoms with Crippen molar-refractivity contribution < 1.29 is 4.74 Å². The number of anilines is 1. The first-order valence-corrected chi connectivity index (χ1v) is 9.98. The smallest absolute Gasteiger partial charge is 0.145 e. The van der Waals surface area contributed by atoms with E-state index in [0.717, 1.165) is 68.4 Å². The number of fused-ring (bicyclic) bond motifs is 1. The topological polar surface area (TPSA) is 68.1 Å². The molecule has 1 fully saturated rings. The molecule has 0 bridgehead atoms. The van der Waals surface area contributed by atoms with Crippen molar-refractivity contribution in [1.29, 1.82) is 0 Å². The highest BCUT2D eigenvalue weighted by molar-refractivity contribution is 5.91. The number of hydrogen-bond donors (Lipinski definition) is 1. The molecule has 0 spiro atoms. The molecule has 3 aromatic heterocycles. The molecule has 1 aliphatic rings. The second kappa shape index (κ2) is 8.67. The summed E-state index contributed by atoms with van der Waals surface area (Å²) in [4.78, 5) is 16.0. The van der Waals surface area contributed by atoms with Crippen molar-refractivity contribution in [3.05, 3.63) is 47.7 Å². The molecule has 1 aliphatic heterocycles. The van der Waals surface area contributed by atoms with Crippen molar-refractivity contribution in [3.8, 4) is 0 Å². The van der Waals surface area contributed by atoms with Crippen molar-refractivity contribution in [1.82, 2.24) is 24.4 Å². The third-order valence-electron chi connectivity index (χ3n) is 5.53. The molecule has 0 amide bonds. The summed E-state index contributed by atoms with van der Waals surface area (Å²) in [5.41, 5.74) is 4.51. The van der Waals surface area contributed by atoms with Gasteiger partial charge in [-0.1, -0.05) is 6.07 Å². The van der Waals surface area contributed by atoms with Crippen LogP contribution in [0.1, 0.15) is 23.4 Å². The highest BCUT2D eigenvalue weighted by Gasteiger charge is 2.17. The minimum absolute atomic E-state index is 0.646. The molecule has 0 radical (unpaired) electrons. The van der Waals surface area contributed by atoms with Crippen LogP contribution in [0.3, 0.4) is 0 Å². The molecule has 0 atom stereocenters.